The lowest BCUT2D eigenvalue weighted by Crippen LogP contribution is -2.52. The van der Waals surface area contributed by atoms with Crippen molar-refractivity contribution in [3.63, 3.8) is 0 Å². The fourth-order valence-corrected chi connectivity index (χ4v) is 3.79. The third kappa shape index (κ3) is 3.67. The number of halogens is 3. The first kappa shape index (κ1) is 17.4. The summed E-state index contributed by atoms with van der Waals surface area (Å²) in [4.78, 5) is 25.4. The molecule has 1 amide bonds. The minimum atomic E-state index is -0.978. The lowest BCUT2D eigenvalue weighted by Gasteiger charge is -2.37. The van der Waals surface area contributed by atoms with Crippen molar-refractivity contribution in [1.82, 2.24) is 4.90 Å². The molecule has 2 atom stereocenters. The first-order valence-corrected chi connectivity index (χ1v) is 8.10. The van der Waals surface area contributed by atoms with Crippen LogP contribution < -0.4 is 0 Å². The number of carbonyl (C=O) groups is 2. The molecule has 0 spiro atoms. The zero-order valence-corrected chi connectivity index (χ0v) is 14.3. The van der Waals surface area contributed by atoms with Crippen LogP contribution in [0.25, 0.3) is 0 Å². The Balaban J connectivity index is 2.23. The SMILES string of the molecule is CC1CCCN(C(=O)Cc2c(Cl)cc(Cl)cc2Cl)C1C(=O)O. The molecular formula is C15H16Cl3NO3. The molecule has 1 aromatic rings. The lowest BCUT2D eigenvalue weighted by molar-refractivity contribution is -0.154. The summed E-state index contributed by atoms with van der Waals surface area (Å²) in [6.45, 7) is 2.28. The predicted octanol–water partition coefficient (Wildman–Crippen LogP) is 3.90. The van der Waals surface area contributed by atoms with Crippen LogP contribution in [-0.2, 0) is 16.0 Å². The van der Waals surface area contributed by atoms with E-state index in [1.807, 2.05) is 6.92 Å². The number of carboxylic acids is 1. The van der Waals surface area contributed by atoms with Crippen LogP contribution in [0.4, 0.5) is 0 Å². The highest BCUT2D eigenvalue weighted by Gasteiger charge is 2.37. The maximum atomic E-state index is 12.5. The Morgan fingerprint density at radius 1 is 1.27 bits per heavy atom. The van der Waals surface area contributed by atoms with Crippen molar-refractivity contribution in [2.45, 2.75) is 32.2 Å². The van der Waals surface area contributed by atoms with Gasteiger partial charge in [-0.15, -0.1) is 0 Å². The third-order valence-electron chi connectivity index (χ3n) is 3.94. The quantitative estimate of drug-likeness (QED) is 0.885. The largest absolute Gasteiger partial charge is 0.480 e. The molecule has 1 N–H and O–H groups in total. The van der Waals surface area contributed by atoms with Gasteiger partial charge in [-0.1, -0.05) is 41.7 Å². The highest BCUT2D eigenvalue weighted by Crippen LogP contribution is 2.31. The zero-order chi connectivity index (χ0) is 16.4. The Hall–Kier alpha value is -0.970. The van der Waals surface area contributed by atoms with Gasteiger partial charge in [-0.2, -0.15) is 0 Å². The standard InChI is InChI=1S/C15H16Cl3NO3/c1-8-3-2-4-19(14(8)15(21)22)13(20)7-10-11(17)5-9(16)6-12(10)18/h5-6,8,14H,2-4,7H2,1H3,(H,21,22). The van der Waals surface area contributed by atoms with Gasteiger partial charge in [0.05, 0.1) is 6.42 Å². The van der Waals surface area contributed by atoms with Crippen molar-refractivity contribution < 1.29 is 14.7 Å². The lowest BCUT2D eigenvalue weighted by atomic mass is 9.90. The summed E-state index contributed by atoms with van der Waals surface area (Å²) >= 11 is 18.0. The number of piperidine rings is 1. The second kappa shape index (κ2) is 7.07. The van der Waals surface area contributed by atoms with Crippen LogP contribution in [0, 0.1) is 5.92 Å². The van der Waals surface area contributed by atoms with E-state index in [4.69, 9.17) is 34.8 Å². The van der Waals surface area contributed by atoms with Gasteiger partial charge in [-0.05, 0) is 36.5 Å². The van der Waals surface area contributed by atoms with Crippen molar-refractivity contribution in [3.8, 4) is 0 Å². The monoisotopic (exact) mass is 363 g/mol. The second-order valence-corrected chi connectivity index (χ2v) is 6.77. The Labute approximate surface area is 143 Å². The van der Waals surface area contributed by atoms with Crippen molar-refractivity contribution in [1.29, 1.82) is 0 Å². The molecule has 7 heteroatoms. The van der Waals surface area contributed by atoms with Crippen LogP contribution in [0.3, 0.4) is 0 Å². The van der Waals surface area contributed by atoms with E-state index < -0.39 is 12.0 Å². The van der Waals surface area contributed by atoms with Gasteiger partial charge < -0.3 is 10.0 Å². The molecule has 1 aliphatic heterocycles. The van der Waals surface area contributed by atoms with E-state index in [0.29, 0.717) is 27.2 Å². The highest BCUT2D eigenvalue weighted by atomic mass is 35.5. The molecule has 2 unspecified atom stereocenters. The number of aliphatic carboxylic acids is 1. The molecule has 0 aromatic heterocycles. The van der Waals surface area contributed by atoms with E-state index in [9.17, 15) is 14.7 Å². The number of carbonyl (C=O) groups excluding carboxylic acids is 1. The van der Waals surface area contributed by atoms with Crippen LogP contribution >= 0.6 is 34.8 Å². The van der Waals surface area contributed by atoms with Gasteiger partial charge in [0.15, 0.2) is 0 Å². The molecular weight excluding hydrogens is 349 g/mol. The molecule has 2 rings (SSSR count). The molecule has 4 nitrogen and oxygen atoms in total. The number of rotatable bonds is 3. The Morgan fingerprint density at radius 3 is 2.41 bits per heavy atom. The summed E-state index contributed by atoms with van der Waals surface area (Å²) in [5.74, 6) is -1.34. The molecule has 1 aromatic carbocycles. The maximum Gasteiger partial charge on any atom is 0.326 e. The van der Waals surface area contributed by atoms with Gasteiger partial charge in [-0.3, -0.25) is 4.79 Å². The van der Waals surface area contributed by atoms with Gasteiger partial charge in [0, 0.05) is 21.6 Å². The molecule has 1 saturated heterocycles. The fraction of sp³-hybridized carbons (Fsp3) is 0.467. The van der Waals surface area contributed by atoms with Gasteiger partial charge >= 0.3 is 5.97 Å². The third-order valence-corrected chi connectivity index (χ3v) is 4.83. The van der Waals surface area contributed by atoms with Crippen LogP contribution in [0.1, 0.15) is 25.3 Å². The van der Waals surface area contributed by atoms with Crippen molar-refractivity contribution in [3.05, 3.63) is 32.8 Å². The Morgan fingerprint density at radius 2 is 1.86 bits per heavy atom. The van der Waals surface area contributed by atoms with Crippen LogP contribution in [0.2, 0.25) is 15.1 Å². The summed E-state index contributed by atoms with van der Waals surface area (Å²) in [5.41, 5.74) is 0.472. The topological polar surface area (TPSA) is 57.6 Å². The maximum absolute atomic E-state index is 12.5. The molecule has 0 aliphatic carbocycles. The summed E-state index contributed by atoms with van der Waals surface area (Å²) in [6.07, 6.45) is 1.55. The van der Waals surface area contributed by atoms with Gasteiger partial charge in [0.2, 0.25) is 5.91 Å². The minimum Gasteiger partial charge on any atom is -0.480 e. The smallest absolute Gasteiger partial charge is 0.326 e. The number of likely N-dealkylation sites (tertiary alicyclic amines) is 1. The van der Waals surface area contributed by atoms with Gasteiger partial charge in [-0.25, -0.2) is 4.79 Å². The van der Waals surface area contributed by atoms with E-state index >= 15 is 0 Å². The molecule has 120 valence electrons. The molecule has 1 heterocycles. The number of amides is 1. The van der Waals surface area contributed by atoms with E-state index in [1.54, 1.807) is 0 Å². The average Bonchev–Trinajstić information content (AvgIpc) is 2.41. The first-order valence-electron chi connectivity index (χ1n) is 6.97. The summed E-state index contributed by atoms with van der Waals surface area (Å²) < 4.78 is 0. The van der Waals surface area contributed by atoms with E-state index in [0.717, 1.165) is 12.8 Å². The molecule has 0 radical (unpaired) electrons. The number of benzene rings is 1. The molecule has 1 aliphatic rings. The van der Waals surface area contributed by atoms with Crippen LogP contribution in [0.5, 0.6) is 0 Å². The van der Waals surface area contributed by atoms with E-state index in [2.05, 4.69) is 0 Å². The normalized spacial score (nSPS) is 21.7. The highest BCUT2D eigenvalue weighted by molar-refractivity contribution is 6.39. The molecule has 22 heavy (non-hydrogen) atoms. The molecule has 0 saturated carbocycles. The number of nitrogens with zero attached hydrogens (tertiary/aromatic N) is 1. The zero-order valence-electron chi connectivity index (χ0n) is 12.0. The Kier molecular flexibility index (Phi) is 5.59. The van der Waals surface area contributed by atoms with Crippen molar-refractivity contribution in [2.75, 3.05) is 6.54 Å². The summed E-state index contributed by atoms with van der Waals surface area (Å²) in [5, 5.41) is 10.4. The Bertz CT molecular complexity index is 583. The van der Waals surface area contributed by atoms with Crippen LogP contribution in [0.15, 0.2) is 12.1 Å². The average molecular weight is 365 g/mol. The van der Waals surface area contributed by atoms with Gasteiger partial charge in [0.1, 0.15) is 6.04 Å². The van der Waals surface area contributed by atoms with E-state index in [1.165, 1.54) is 17.0 Å². The van der Waals surface area contributed by atoms with Crippen LogP contribution in [-0.4, -0.2) is 34.5 Å². The predicted molar refractivity (Wildman–Crippen MR) is 86.7 cm³/mol. The molecule has 0 bridgehead atoms. The minimum absolute atomic E-state index is 0.0364. The van der Waals surface area contributed by atoms with E-state index in [-0.39, 0.29) is 18.2 Å². The summed E-state index contributed by atoms with van der Waals surface area (Å²) in [6, 6.07) is 2.24. The van der Waals surface area contributed by atoms with Crippen molar-refractivity contribution >= 4 is 46.7 Å². The number of carboxylic acid groups (broad SMARTS) is 1. The first-order chi connectivity index (χ1) is 10.3. The number of hydrogen-bond acceptors (Lipinski definition) is 2. The summed E-state index contributed by atoms with van der Waals surface area (Å²) in [7, 11) is 0. The van der Waals surface area contributed by atoms with Crippen molar-refractivity contribution in [2.24, 2.45) is 5.92 Å². The second-order valence-electron chi connectivity index (χ2n) is 5.51. The van der Waals surface area contributed by atoms with Gasteiger partial charge in [0.25, 0.3) is 0 Å². The fourth-order valence-electron chi connectivity index (χ4n) is 2.84. The number of hydrogen-bond donors (Lipinski definition) is 1. The molecule has 1 fully saturated rings.